The van der Waals surface area contributed by atoms with E-state index in [2.05, 4.69) is 0 Å². The molecule has 6 nitrogen and oxygen atoms in total. The van der Waals surface area contributed by atoms with Crippen molar-refractivity contribution >= 4 is 0 Å². The third-order valence-corrected chi connectivity index (χ3v) is 4.64. The van der Waals surface area contributed by atoms with Crippen LogP contribution in [-0.4, -0.2) is 41.7 Å². The number of methoxy groups -OCH3 is 5. The van der Waals surface area contributed by atoms with Crippen molar-refractivity contribution in [3.05, 3.63) is 47.5 Å². The molecule has 0 saturated carbocycles. The molecule has 140 valence electrons. The predicted octanol–water partition coefficient (Wildman–Crippen LogP) is 3.55. The van der Waals surface area contributed by atoms with Crippen molar-refractivity contribution in [3.63, 3.8) is 0 Å². The summed E-state index contributed by atoms with van der Waals surface area (Å²) in [6, 6.07) is 11.4. The molecular formula is C20H24O6. The fraction of sp³-hybridized carbons (Fsp3) is 0.400. The van der Waals surface area contributed by atoms with Gasteiger partial charge in [-0.3, -0.25) is 0 Å². The highest BCUT2D eigenvalue weighted by Gasteiger charge is 2.40. The minimum absolute atomic E-state index is 0.271. The van der Waals surface area contributed by atoms with E-state index in [9.17, 15) is 0 Å². The molecule has 0 fully saturated rings. The smallest absolute Gasteiger partial charge is 0.161 e. The van der Waals surface area contributed by atoms with E-state index in [1.165, 1.54) is 0 Å². The lowest BCUT2D eigenvalue weighted by molar-refractivity contribution is -0.106. The monoisotopic (exact) mass is 360 g/mol. The topological polar surface area (TPSA) is 55.4 Å². The van der Waals surface area contributed by atoms with Gasteiger partial charge in [-0.15, -0.1) is 0 Å². The van der Waals surface area contributed by atoms with Crippen LogP contribution in [0, 0.1) is 0 Å². The Morgan fingerprint density at radius 3 is 2.15 bits per heavy atom. The lowest BCUT2D eigenvalue weighted by Crippen LogP contribution is -2.36. The molecule has 0 amide bonds. The average Bonchev–Trinajstić information content (AvgIpc) is 2.70. The fourth-order valence-corrected chi connectivity index (χ4v) is 3.31. The van der Waals surface area contributed by atoms with Crippen LogP contribution >= 0.6 is 0 Å². The van der Waals surface area contributed by atoms with Crippen LogP contribution in [0.4, 0.5) is 0 Å². The van der Waals surface area contributed by atoms with Crippen molar-refractivity contribution in [2.45, 2.75) is 18.3 Å². The molecule has 0 radical (unpaired) electrons. The highest BCUT2D eigenvalue weighted by atomic mass is 16.6. The Labute approximate surface area is 153 Å². The predicted molar refractivity (Wildman–Crippen MR) is 96.5 cm³/mol. The third kappa shape index (κ3) is 3.18. The van der Waals surface area contributed by atoms with Crippen LogP contribution in [0.15, 0.2) is 36.4 Å². The first-order chi connectivity index (χ1) is 12.7. The van der Waals surface area contributed by atoms with Crippen molar-refractivity contribution in [1.29, 1.82) is 0 Å². The minimum atomic E-state index is -0.371. The molecule has 0 aromatic heterocycles. The molecule has 0 saturated heterocycles. The number of ether oxygens (including phenoxy) is 6. The molecule has 0 bridgehead atoms. The van der Waals surface area contributed by atoms with E-state index in [1.807, 2.05) is 36.4 Å². The molecule has 26 heavy (non-hydrogen) atoms. The van der Waals surface area contributed by atoms with Gasteiger partial charge in [-0.2, -0.15) is 0 Å². The van der Waals surface area contributed by atoms with E-state index in [1.54, 1.807) is 35.5 Å². The summed E-state index contributed by atoms with van der Waals surface area (Å²) in [6.45, 7) is 0. The summed E-state index contributed by atoms with van der Waals surface area (Å²) in [4.78, 5) is 0. The van der Waals surface area contributed by atoms with Crippen molar-refractivity contribution in [2.75, 3.05) is 35.5 Å². The van der Waals surface area contributed by atoms with E-state index in [0.29, 0.717) is 17.2 Å². The van der Waals surface area contributed by atoms with Crippen molar-refractivity contribution in [1.82, 2.24) is 0 Å². The summed E-state index contributed by atoms with van der Waals surface area (Å²) in [5, 5.41) is 0. The SMILES string of the molecule is COc1ccc2c(c1)OC(c1ccc(OC)c(OC)c1)C(OC)C2OC. The number of hydrogen-bond donors (Lipinski definition) is 0. The Hall–Kier alpha value is -2.44. The van der Waals surface area contributed by atoms with Crippen LogP contribution in [0.2, 0.25) is 0 Å². The van der Waals surface area contributed by atoms with Crippen LogP contribution in [-0.2, 0) is 9.47 Å². The molecule has 6 heteroatoms. The minimum Gasteiger partial charge on any atom is -0.497 e. The van der Waals surface area contributed by atoms with E-state index in [0.717, 1.165) is 16.9 Å². The number of rotatable bonds is 6. The Morgan fingerprint density at radius 1 is 0.769 bits per heavy atom. The standard InChI is InChI=1S/C20H24O6/c1-21-13-7-8-14-16(11-13)26-18(20(25-5)19(14)24-4)12-6-9-15(22-2)17(10-12)23-3/h6-11,18-20H,1-5H3. The van der Waals surface area contributed by atoms with Gasteiger partial charge in [0.15, 0.2) is 17.6 Å². The molecule has 0 spiro atoms. The molecule has 3 rings (SSSR count). The maximum Gasteiger partial charge on any atom is 0.161 e. The van der Waals surface area contributed by atoms with Crippen LogP contribution < -0.4 is 18.9 Å². The van der Waals surface area contributed by atoms with E-state index in [4.69, 9.17) is 28.4 Å². The van der Waals surface area contributed by atoms with Gasteiger partial charge >= 0.3 is 0 Å². The quantitative estimate of drug-likeness (QED) is 0.785. The Bertz CT molecular complexity index is 760. The molecule has 0 N–H and O–H groups in total. The van der Waals surface area contributed by atoms with E-state index < -0.39 is 0 Å². The maximum absolute atomic E-state index is 6.29. The van der Waals surface area contributed by atoms with Gasteiger partial charge in [0.1, 0.15) is 23.7 Å². The molecule has 2 aromatic carbocycles. The summed E-state index contributed by atoms with van der Waals surface area (Å²) in [5.74, 6) is 2.73. The first-order valence-electron chi connectivity index (χ1n) is 8.28. The third-order valence-electron chi connectivity index (χ3n) is 4.64. The molecule has 1 heterocycles. The summed E-state index contributed by atoms with van der Waals surface area (Å²) in [5.41, 5.74) is 1.84. The van der Waals surface area contributed by atoms with Crippen LogP contribution in [0.5, 0.6) is 23.0 Å². The number of fused-ring (bicyclic) bond motifs is 1. The number of benzene rings is 2. The molecule has 1 aliphatic rings. The lowest BCUT2D eigenvalue weighted by atomic mass is 9.91. The Balaban J connectivity index is 2.06. The molecule has 2 aromatic rings. The van der Waals surface area contributed by atoms with Crippen LogP contribution in [0.3, 0.4) is 0 Å². The lowest BCUT2D eigenvalue weighted by Gasteiger charge is -2.38. The zero-order valence-corrected chi connectivity index (χ0v) is 15.6. The average molecular weight is 360 g/mol. The summed E-state index contributed by atoms with van der Waals surface area (Å²) < 4.78 is 33.9. The van der Waals surface area contributed by atoms with E-state index >= 15 is 0 Å². The van der Waals surface area contributed by atoms with Gasteiger partial charge in [-0.25, -0.2) is 0 Å². The second-order valence-electron chi connectivity index (χ2n) is 5.91. The van der Waals surface area contributed by atoms with Gasteiger partial charge in [0.25, 0.3) is 0 Å². The molecule has 0 aliphatic carbocycles. The van der Waals surface area contributed by atoms with Gasteiger partial charge in [0, 0.05) is 25.8 Å². The van der Waals surface area contributed by atoms with Gasteiger partial charge in [-0.05, 0) is 29.8 Å². The van der Waals surface area contributed by atoms with Crippen LogP contribution in [0.25, 0.3) is 0 Å². The van der Waals surface area contributed by atoms with Crippen molar-refractivity contribution in [2.24, 2.45) is 0 Å². The van der Waals surface area contributed by atoms with Gasteiger partial charge in [-0.1, -0.05) is 6.07 Å². The highest BCUT2D eigenvalue weighted by Crippen LogP contribution is 2.46. The molecule has 3 atom stereocenters. The fourth-order valence-electron chi connectivity index (χ4n) is 3.31. The largest absolute Gasteiger partial charge is 0.497 e. The Morgan fingerprint density at radius 2 is 1.54 bits per heavy atom. The van der Waals surface area contributed by atoms with Crippen molar-refractivity contribution in [3.8, 4) is 23.0 Å². The normalized spacial score (nSPS) is 21.5. The molecule has 1 aliphatic heterocycles. The molecule has 3 unspecified atom stereocenters. The van der Waals surface area contributed by atoms with Crippen molar-refractivity contribution < 1.29 is 28.4 Å². The summed E-state index contributed by atoms with van der Waals surface area (Å²) >= 11 is 0. The van der Waals surface area contributed by atoms with Gasteiger partial charge in [0.05, 0.1) is 21.3 Å². The molecular weight excluding hydrogens is 336 g/mol. The zero-order chi connectivity index (χ0) is 18.7. The second kappa shape index (κ2) is 7.85. The first kappa shape index (κ1) is 18.4. The Kier molecular flexibility index (Phi) is 5.54. The van der Waals surface area contributed by atoms with Gasteiger partial charge in [0.2, 0.25) is 0 Å². The van der Waals surface area contributed by atoms with E-state index in [-0.39, 0.29) is 18.3 Å². The summed E-state index contributed by atoms with van der Waals surface area (Å²) in [7, 11) is 8.16. The van der Waals surface area contributed by atoms with Crippen LogP contribution in [0.1, 0.15) is 23.3 Å². The van der Waals surface area contributed by atoms with Gasteiger partial charge < -0.3 is 28.4 Å². The number of hydrogen-bond acceptors (Lipinski definition) is 6. The zero-order valence-electron chi connectivity index (χ0n) is 15.6. The first-order valence-corrected chi connectivity index (χ1v) is 8.28. The maximum atomic E-state index is 6.29. The highest BCUT2D eigenvalue weighted by molar-refractivity contribution is 5.48. The summed E-state index contributed by atoms with van der Waals surface area (Å²) in [6.07, 6.45) is -0.962. The second-order valence-corrected chi connectivity index (χ2v) is 5.91.